The summed E-state index contributed by atoms with van der Waals surface area (Å²) in [7, 11) is 0. The fourth-order valence-electron chi connectivity index (χ4n) is 2.22. The summed E-state index contributed by atoms with van der Waals surface area (Å²) in [4.78, 5) is 12.5. The summed E-state index contributed by atoms with van der Waals surface area (Å²) < 4.78 is 0. The first-order valence-electron chi connectivity index (χ1n) is 6.26. The highest BCUT2D eigenvalue weighted by molar-refractivity contribution is 5.77. The molecular weight excluding hydrogens is 254 g/mol. The minimum atomic E-state index is -0.387. The van der Waals surface area contributed by atoms with Crippen molar-refractivity contribution >= 4 is 17.1 Å². The smallest absolute Gasteiger partial charge is 0.271 e. The second-order valence-corrected chi connectivity index (χ2v) is 4.53. The van der Waals surface area contributed by atoms with E-state index in [2.05, 4.69) is 22.3 Å². The molecule has 2 aromatic carbocycles. The number of hydrogen-bond acceptors (Lipinski definition) is 4. The summed E-state index contributed by atoms with van der Waals surface area (Å²) in [5.41, 5.74) is 2.95. The second kappa shape index (κ2) is 5.05. The van der Waals surface area contributed by atoms with Crippen LogP contribution in [-0.4, -0.2) is 4.92 Å². The van der Waals surface area contributed by atoms with E-state index in [0.717, 1.165) is 17.9 Å². The minimum Gasteiger partial charge on any atom is -0.358 e. The molecule has 0 saturated heterocycles. The molecule has 5 nitrogen and oxygen atoms in total. The molecule has 0 fully saturated rings. The Morgan fingerprint density at radius 1 is 1.15 bits per heavy atom. The minimum absolute atomic E-state index is 0.0891. The molecule has 0 aromatic heterocycles. The first-order valence-corrected chi connectivity index (χ1v) is 6.26. The fourth-order valence-corrected chi connectivity index (χ4v) is 2.22. The highest BCUT2D eigenvalue weighted by Gasteiger charge is 2.16. The van der Waals surface area contributed by atoms with Crippen LogP contribution in [0.25, 0.3) is 0 Å². The summed E-state index contributed by atoms with van der Waals surface area (Å²) in [6, 6.07) is 14.9. The zero-order valence-corrected chi connectivity index (χ0v) is 10.7. The summed E-state index contributed by atoms with van der Waals surface area (Å²) in [6.45, 7) is 0.726. The van der Waals surface area contributed by atoms with Crippen molar-refractivity contribution in [3.05, 3.63) is 76.6 Å². The van der Waals surface area contributed by atoms with Crippen molar-refractivity contribution in [2.24, 2.45) is 0 Å². The fraction of sp³-hybridized carbons (Fsp3) is 0.0667. The predicted molar refractivity (Wildman–Crippen MR) is 78.5 cm³/mol. The van der Waals surface area contributed by atoms with Gasteiger partial charge in [0, 0.05) is 31.1 Å². The Hall–Kier alpha value is -2.82. The molecule has 1 heterocycles. The Bertz CT molecular complexity index is 668. The van der Waals surface area contributed by atoms with Crippen LogP contribution >= 0.6 is 0 Å². The van der Waals surface area contributed by atoms with Crippen LogP contribution in [0.4, 0.5) is 17.1 Å². The monoisotopic (exact) mass is 267 g/mol. The van der Waals surface area contributed by atoms with Crippen LogP contribution < -0.4 is 10.2 Å². The maximum atomic E-state index is 10.8. The van der Waals surface area contributed by atoms with E-state index in [1.807, 2.05) is 24.4 Å². The number of rotatable bonds is 3. The third-order valence-electron chi connectivity index (χ3n) is 3.19. The molecule has 0 radical (unpaired) electrons. The Kier molecular flexibility index (Phi) is 3.09. The number of nitro benzene ring substituents is 1. The topological polar surface area (TPSA) is 58.4 Å². The van der Waals surface area contributed by atoms with Gasteiger partial charge in [-0.1, -0.05) is 30.3 Å². The Morgan fingerprint density at radius 2 is 1.95 bits per heavy atom. The van der Waals surface area contributed by atoms with Crippen LogP contribution in [0.1, 0.15) is 5.56 Å². The summed E-state index contributed by atoms with van der Waals surface area (Å²) >= 11 is 0. The van der Waals surface area contributed by atoms with Crippen LogP contribution in [0.3, 0.4) is 0 Å². The van der Waals surface area contributed by atoms with Crippen molar-refractivity contribution in [2.45, 2.75) is 6.54 Å². The lowest BCUT2D eigenvalue weighted by atomic mass is 10.1. The molecule has 0 aliphatic carbocycles. The lowest BCUT2D eigenvalue weighted by Gasteiger charge is -2.26. The van der Waals surface area contributed by atoms with Gasteiger partial charge in [0.15, 0.2) is 0 Å². The van der Waals surface area contributed by atoms with Crippen molar-refractivity contribution in [2.75, 3.05) is 10.2 Å². The molecule has 5 heteroatoms. The van der Waals surface area contributed by atoms with Gasteiger partial charge in [0.1, 0.15) is 0 Å². The summed E-state index contributed by atoms with van der Waals surface area (Å²) in [5.74, 6) is 0. The first-order chi connectivity index (χ1) is 9.74. The average molecular weight is 267 g/mol. The van der Waals surface area contributed by atoms with Gasteiger partial charge in [-0.05, 0) is 11.6 Å². The molecule has 20 heavy (non-hydrogen) atoms. The molecule has 1 aliphatic heterocycles. The summed E-state index contributed by atoms with van der Waals surface area (Å²) in [5, 5.41) is 13.9. The van der Waals surface area contributed by atoms with Gasteiger partial charge in [0.2, 0.25) is 0 Å². The third kappa shape index (κ3) is 2.33. The molecule has 0 bridgehead atoms. The second-order valence-electron chi connectivity index (χ2n) is 4.53. The zero-order chi connectivity index (χ0) is 13.9. The summed E-state index contributed by atoms with van der Waals surface area (Å²) in [6.07, 6.45) is 3.72. The number of nitrogens with one attached hydrogen (secondary N) is 1. The van der Waals surface area contributed by atoms with Gasteiger partial charge in [-0.2, -0.15) is 0 Å². The van der Waals surface area contributed by atoms with Crippen molar-refractivity contribution in [3.8, 4) is 0 Å². The molecule has 0 amide bonds. The number of non-ortho nitro benzene ring substituents is 1. The number of nitrogens with zero attached hydrogens (tertiary/aromatic N) is 2. The standard InChI is InChI=1S/C15H13N3O2/c19-18(20)13-6-7-15-14(10-13)16-8-9-17(15)11-12-4-2-1-3-5-12/h1-10,16H,11H2. The molecule has 2 aromatic rings. The Balaban J connectivity index is 1.90. The van der Waals surface area contributed by atoms with Crippen molar-refractivity contribution in [1.82, 2.24) is 0 Å². The number of fused-ring (bicyclic) bond motifs is 1. The van der Waals surface area contributed by atoms with Crippen LogP contribution in [-0.2, 0) is 6.54 Å². The lowest BCUT2D eigenvalue weighted by molar-refractivity contribution is -0.384. The molecule has 1 aliphatic rings. The van der Waals surface area contributed by atoms with E-state index >= 15 is 0 Å². The number of hydrogen-bond donors (Lipinski definition) is 1. The van der Waals surface area contributed by atoms with Gasteiger partial charge in [0.25, 0.3) is 5.69 Å². The van der Waals surface area contributed by atoms with Crippen molar-refractivity contribution in [1.29, 1.82) is 0 Å². The van der Waals surface area contributed by atoms with Crippen molar-refractivity contribution < 1.29 is 4.92 Å². The molecule has 0 atom stereocenters. The van der Waals surface area contributed by atoms with Crippen LogP contribution in [0, 0.1) is 10.1 Å². The van der Waals surface area contributed by atoms with E-state index < -0.39 is 0 Å². The Labute approximate surface area is 116 Å². The van der Waals surface area contributed by atoms with E-state index in [1.54, 1.807) is 18.3 Å². The normalized spacial score (nSPS) is 12.7. The molecule has 0 spiro atoms. The van der Waals surface area contributed by atoms with Crippen LogP contribution in [0.15, 0.2) is 60.9 Å². The molecular formula is C15H13N3O2. The average Bonchev–Trinajstić information content (AvgIpc) is 2.48. The maximum absolute atomic E-state index is 10.8. The van der Waals surface area contributed by atoms with Gasteiger partial charge in [-0.25, -0.2) is 0 Å². The molecule has 0 saturated carbocycles. The van der Waals surface area contributed by atoms with E-state index in [1.165, 1.54) is 11.6 Å². The third-order valence-corrected chi connectivity index (χ3v) is 3.19. The lowest BCUT2D eigenvalue weighted by Crippen LogP contribution is -2.20. The zero-order valence-electron chi connectivity index (χ0n) is 10.7. The van der Waals surface area contributed by atoms with Gasteiger partial charge in [-0.15, -0.1) is 0 Å². The van der Waals surface area contributed by atoms with E-state index in [-0.39, 0.29) is 10.6 Å². The molecule has 3 rings (SSSR count). The maximum Gasteiger partial charge on any atom is 0.271 e. The molecule has 0 unspecified atom stereocenters. The van der Waals surface area contributed by atoms with Crippen LogP contribution in [0.2, 0.25) is 0 Å². The number of anilines is 2. The molecule has 1 N–H and O–H groups in total. The SMILES string of the molecule is O=[N+]([O-])c1ccc2c(c1)NC=CN2Cc1ccccc1. The number of nitro groups is 1. The first kappa shape index (κ1) is 12.2. The highest BCUT2D eigenvalue weighted by Crippen LogP contribution is 2.33. The van der Waals surface area contributed by atoms with E-state index in [0.29, 0.717) is 0 Å². The van der Waals surface area contributed by atoms with Gasteiger partial charge in [0.05, 0.1) is 16.3 Å². The van der Waals surface area contributed by atoms with E-state index in [4.69, 9.17) is 0 Å². The largest absolute Gasteiger partial charge is 0.358 e. The van der Waals surface area contributed by atoms with Gasteiger partial charge >= 0.3 is 0 Å². The predicted octanol–water partition coefficient (Wildman–Crippen LogP) is 3.50. The molecule has 100 valence electrons. The van der Waals surface area contributed by atoms with E-state index in [9.17, 15) is 10.1 Å². The Morgan fingerprint density at radius 3 is 2.70 bits per heavy atom. The number of benzene rings is 2. The highest BCUT2D eigenvalue weighted by atomic mass is 16.6. The van der Waals surface area contributed by atoms with Crippen LogP contribution in [0.5, 0.6) is 0 Å². The quantitative estimate of drug-likeness (QED) is 0.683. The van der Waals surface area contributed by atoms with Crippen molar-refractivity contribution in [3.63, 3.8) is 0 Å². The van der Waals surface area contributed by atoms with Gasteiger partial charge < -0.3 is 10.2 Å². The van der Waals surface area contributed by atoms with Gasteiger partial charge in [-0.3, -0.25) is 10.1 Å².